The lowest BCUT2D eigenvalue weighted by Gasteiger charge is -2.10. The van der Waals surface area contributed by atoms with E-state index in [4.69, 9.17) is 4.74 Å². The fraction of sp³-hybridized carbons (Fsp3) is 0.120. The number of fused-ring (bicyclic) bond motifs is 1. The average molecular weight is 382 g/mol. The zero-order valence-electron chi connectivity index (χ0n) is 16.2. The first-order valence-electron chi connectivity index (χ1n) is 9.60. The van der Waals surface area contributed by atoms with Crippen molar-refractivity contribution in [3.8, 4) is 11.5 Å². The van der Waals surface area contributed by atoms with Crippen molar-refractivity contribution in [1.29, 1.82) is 0 Å². The van der Waals surface area contributed by atoms with Crippen LogP contribution < -0.4 is 4.74 Å². The Morgan fingerprint density at radius 3 is 2.48 bits per heavy atom. The predicted molar refractivity (Wildman–Crippen MR) is 117 cm³/mol. The Balaban J connectivity index is 1.59. The number of aromatic hydroxyl groups is 1. The van der Waals surface area contributed by atoms with E-state index in [2.05, 4.69) is 22.4 Å². The van der Waals surface area contributed by atoms with Gasteiger partial charge in [-0.1, -0.05) is 66.7 Å². The summed E-state index contributed by atoms with van der Waals surface area (Å²) in [6, 6.07) is 27.4. The lowest BCUT2D eigenvalue weighted by Crippen LogP contribution is -2.01. The Morgan fingerprint density at radius 2 is 1.62 bits per heavy atom. The molecular formula is C25H22N2O2. The first-order valence-corrected chi connectivity index (χ1v) is 9.60. The number of rotatable bonds is 6. The van der Waals surface area contributed by atoms with Crippen LogP contribution >= 0.6 is 0 Å². The minimum absolute atomic E-state index is 0.103. The number of aryl methyl sites for hydroxylation is 1. The third-order valence-corrected chi connectivity index (χ3v) is 4.74. The van der Waals surface area contributed by atoms with Crippen LogP contribution in [0.25, 0.3) is 10.8 Å². The molecule has 144 valence electrons. The van der Waals surface area contributed by atoms with Crippen LogP contribution in [0.1, 0.15) is 11.1 Å². The van der Waals surface area contributed by atoms with Crippen LogP contribution in [0, 0.1) is 6.92 Å². The molecule has 4 aromatic rings. The Morgan fingerprint density at radius 1 is 0.828 bits per heavy atom. The minimum Gasteiger partial charge on any atom is -0.506 e. The molecule has 4 aromatic carbocycles. The largest absolute Gasteiger partial charge is 0.506 e. The summed E-state index contributed by atoms with van der Waals surface area (Å²) in [5.74, 6) is 0.779. The molecule has 29 heavy (non-hydrogen) atoms. The van der Waals surface area contributed by atoms with Crippen molar-refractivity contribution in [2.24, 2.45) is 10.2 Å². The maximum Gasteiger partial charge on any atom is 0.146 e. The molecule has 0 spiro atoms. The van der Waals surface area contributed by atoms with Crippen molar-refractivity contribution in [3.05, 3.63) is 96.1 Å². The molecule has 0 saturated carbocycles. The molecule has 4 nitrogen and oxygen atoms in total. The van der Waals surface area contributed by atoms with Crippen LogP contribution in [0.3, 0.4) is 0 Å². The molecule has 0 radical (unpaired) electrons. The monoisotopic (exact) mass is 382 g/mol. The normalized spacial score (nSPS) is 11.2. The van der Waals surface area contributed by atoms with Gasteiger partial charge in [0.05, 0.1) is 6.61 Å². The van der Waals surface area contributed by atoms with E-state index in [1.165, 1.54) is 5.56 Å². The fourth-order valence-electron chi connectivity index (χ4n) is 3.20. The van der Waals surface area contributed by atoms with Crippen molar-refractivity contribution in [2.45, 2.75) is 13.3 Å². The second-order valence-electron chi connectivity index (χ2n) is 6.91. The number of hydrogen-bond acceptors (Lipinski definition) is 4. The molecule has 0 aliphatic heterocycles. The highest BCUT2D eigenvalue weighted by Crippen LogP contribution is 2.37. The SMILES string of the molecule is Cc1ccc(OCCc2ccccc2)c(N=Nc2c(O)ccc3ccccc23)c1. The van der Waals surface area contributed by atoms with E-state index >= 15 is 0 Å². The van der Waals surface area contributed by atoms with E-state index in [1.54, 1.807) is 6.07 Å². The summed E-state index contributed by atoms with van der Waals surface area (Å²) in [5.41, 5.74) is 3.39. The second kappa shape index (κ2) is 8.57. The third-order valence-electron chi connectivity index (χ3n) is 4.74. The van der Waals surface area contributed by atoms with Crippen LogP contribution in [-0.2, 0) is 6.42 Å². The molecule has 0 amide bonds. The van der Waals surface area contributed by atoms with Crippen LogP contribution in [0.15, 0.2) is 95.2 Å². The Bertz CT molecular complexity index is 1150. The van der Waals surface area contributed by atoms with Crippen molar-refractivity contribution in [1.82, 2.24) is 0 Å². The Kier molecular flexibility index (Phi) is 5.52. The van der Waals surface area contributed by atoms with Gasteiger partial charge in [-0.05, 0) is 41.6 Å². The van der Waals surface area contributed by atoms with Gasteiger partial charge in [-0.15, -0.1) is 10.2 Å². The summed E-state index contributed by atoms with van der Waals surface area (Å²) in [4.78, 5) is 0. The van der Waals surface area contributed by atoms with Gasteiger partial charge in [-0.3, -0.25) is 0 Å². The van der Waals surface area contributed by atoms with Crippen molar-refractivity contribution in [2.75, 3.05) is 6.61 Å². The lowest BCUT2D eigenvalue weighted by molar-refractivity contribution is 0.323. The van der Waals surface area contributed by atoms with Crippen LogP contribution in [0.5, 0.6) is 11.5 Å². The Labute approximate surface area is 170 Å². The summed E-state index contributed by atoms with van der Waals surface area (Å²) in [5, 5.41) is 20.9. The van der Waals surface area contributed by atoms with E-state index in [9.17, 15) is 5.11 Å². The lowest BCUT2D eigenvalue weighted by atomic mass is 10.1. The third kappa shape index (κ3) is 4.43. The molecule has 0 saturated heterocycles. The molecule has 0 aliphatic rings. The smallest absolute Gasteiger partial charge is 0.146 e. The number of ether oxygens (including phenoxy) is 1. The van der Waals surface area contributed by atoms with Gasteiger partial charge in [0.15, 0.2) is 0 Å². The number of phenolic OH excluding ortho intramolecular Hbond substituents is 1. The number of nitrogens with zero attached hydrogens (tertiary/aromatic N) is 2. The molecule has 0 unspecified atom stereocenters. The van der Waals surface area contributed by atoms with E-state index < -0.39 is 0 Å². The van der Waals surface area contributed by atoms with E-state index in [0.29, 0.717) is 23.7 Å². The van der Waals surface area contributed by atoms with Crippen molar-refractivity contribution in [3.63, 3.8) is 0 Å². The van der Waals surface area contributed by atoms with Gasteiger partial charge in [0.25, 0.3) is 0 Å². The van der Waals surface area contributed by atoms with Crippen LogP contribution in [0.2, 0.25) is 0 Å². The number of benzene rings is 4. The summed E-state index contributed by atoms with van der Waals surface area (Å²) in [6.45, 7) is 2.55. The van der Waals surface area contributed by atoms with Gasteiger partial charge in [-0.25, -0.2) is 0 Å². The molecular weight excluding hydrogens is 360 g/mol. The number of hydrogen-bond donors (Lipinski definition) is 1. The highest BCUT2D eigenvalue weighted by atomic mass is 16.5. The van der Waals surface area contributed by atoms with E-state index in [-0.39, 0.29) is 5.75 Å². The summed E-state index contributed by atoms with van der Waals surface area (Å²) < 4.78 is 5.99. The summed E-state index contributed by atoms with van der Waals surface area (Å²) in [7, 11) is 0. The van der Waals surface area contributed by atoms with Gasteiger partial charge < -0.3 is 9.84 Å². The molecule has 0 aliphatic carbocycles. The van der Waals surface area contributed by atoms with Crippen molar-refractivity contribution >= 4 is 22.1 Å². The zero-order valence-corrected chi connectivity index (χ0v) is 16.2. The zero-order chi connectivity index (χ0) is 20.1. The first-order chi connectivity index (χ1) is 14.2. The predicted octanol–water partition coefficient (Wildman–Crippen LogP) is 6.89. The molecule has 4 rings (SSSR count). The quantitative estimate of drug-likeness (QED) is 0.369. The molecule has 0 aromatic heterocycles. The Hall–Kier alpha value is -3.66. The molecule has 4 heteroatoms. The van der Waals surface area contributed by atoms with Gasteiger partial charge in [0.1, 0.15) is 22.9 Å². The van der Waals surface area contributed by atoms with Crippen LogP contribution in [-0.4, -0.2) is 11.7 Å². The maximum atomic E-state index is 10.3. The minimum atomic E-state index is 0.103. The van der Waals surface area contributed by atoms with Crippen molar-refractivity contribution < 1.29 is 9.84 Å². The van der Waals surface area contributed by atoms with Gasteiger partial charge >= 0.3 is 0 Å². The highest BCUT2D eigenvalue weighted by molar-refractivity contribution is 5.95. The molecule has 0 atom stereocenters. The van der Waals surface area contributed by atoms with E-state index in [1.807, 2.05) is 73.7 Å². The highest BCUT2D eigenvalue weighted by Gasteiger charge is 2.08. The second-order valence-corrected chi connectivity index (χ2v) is 6.91. The van der Waals surface area contributed by atoms with Gasteiger partial charge in [0.2, 0.25) is 0 Å². The standard InChI is InChI=1S/C25H22N2O2/c1-18-11-14-24(29-16-15-19-7-3-2-4-8-19)22(17-18)26-27-25-21-10-6-5-9-20(21)12-13-23(25)28/h2-14,17,28H,15-16H2,1H3. The topological polar surface area (TPSA) is 54.2 Å². The first kappa shape index (κ1) is 18.7. The molecule has 1 N–H and O–H groups in total. The number of phenols is 1. The molecule has 0 fully saturated rings. The van der Waals surface area contributed by atoms with E-state index in [0.717, 1.165) is 22.8 Å². The van der Waals surface area contributed by atoms with Gasteiger partial charge in [-0.2, -0.15) is 0 Å². The fourth-order valence-corrected chi connectivity index (χ4v) is 3.20. The summed E-state index contributed by atoms with van der Waals surface area (Å²) >= 11 is 0. The van der Waals surface area contributed by atoms with Crippen LogP contribution in [0.4, 0.5) is 11.4 Å². The number of azo groups is 1. The summed E-state index contributed by atoms with van der Waals surface area (Å²) in [6.07, 6.45) is 0.815. The average Bonchev–Trinajstić information content (AvgIpc) is 2.75. The maximum absolute atomic E-state index is 10.3. The van der Waals surface area contributed by atoms with Gasteiger partial charge in [0, 0.05) is 11.8 Å². The molecule has 0 bridgehead atoms. The molecule has 0 heterocycles.